The number of ether oxygens (including phenoxy) is 1. The average molecular weight is 431 g/mol. The Bertz CT molecular complexity index is 1220. The summed E-state index contributed by atoms with van der Waals surface area (Å²) < 4.78 is 10.8. The fraction of sp³-hybridized carbons (Fsp3) is 0.320. The summed E-state index contributed by atoms with van der Waals surface area (Å²) in [4.78, 5) is 34.2. The molecule has 0 bridgehead atoms. The minimum absolute atomic E-state index is 0.0246. The number of hydrogen-bond donors (Lipinski definition) is 0. The van der Waals surface area contributed by atoms with Crippen LogP contribution in [0.1, 0.15) is 40.2 Å². The zero-order chi connectivity index (χ0) is 22.4. The number of carbonyl (C=O) groups is 2. The molecule has 2 aliphatic rings. The number of hydrogen-bond acceptors (Lipinski definition) is 6. The quantitative estimate of drug-likeness (QED) is 0.575. The van der Waals surface area contributed by atoms with Gasteiger partial charge in [0, 0.05) is 12.1 Å². The highest BCUT2D eigenvalue weighted by Crippen LogP contribution is 2.41. The van der Waals surface area contributed by atoms with Gasteiger partial charge < -0.3 is 19.0 Å². The summed E-state index contributed by atoms with van der Waals surface area (Å²) in [6.07, 6.45) is 1.78. The number of fused-ring (bicyclic) bond motifs is 3. The Balaban J connectivity index is 1.54. The van der Waals surface area contributed by atoms with Gasteiger partial charge in [0.25, 0.3) is 0 Å². The van der Waals surface area contributed by atoms with Crippen molar-refractivity contribution in [2.24, 2.45) is 0 Å². The third-order valence-corrected chi connectivity index (χ3v) is 6.27. The maximum absolute atomic E-state index is 13.5. The van der Waals surface area contributed by atoms with Crippen molar-refractivity contribution < 1.29 is 18.7 Å². The van der Waals surface area contributed by atoms with E-state index in [4.69, 9.17) is 14.1 Å². The van der Waals surface area contributed by atoms with Gasteiger partial charge in [-0.05, 0) is 57.0 Å². The second kappa shape index (κ2) is 7.82. The van der Waals surface area contributed by atoms with E-state index in [1.807, 2.05) is 44.2 Å². The molecule has 0 spiro atoms. The lowest BCUT2D eigenvalue weighted by Gasteiger charge is -2.39. The van der Waals surface area contributed by atoms with Gasteiger partial charge in [0.1, 0.15) is 17.5 Å². The molecule has 1 fully saturated rings. The average Bonchev–Trinajstić information content (AvgIpc) is 3.43. The van der Waals surface area contributed by atoms with Crippen LogP contribution in [0.5, 0.6) is 0 Å². The van der Waals surface area contributed by atoms with E-state index >= 15 is 0 Å². The summed E-state index contributed by atoms with van der Waals surface area (Å²) in [5.41, 5.74) is 4.81. The molecule has 164 valence electrons. The van der Waals surface area contributed by atoms with Crippen LogP contribution in [-0.4, -0.2) is 36.6 Å². The summed E-state index contributed by atoms with van der Waals surface area (Å²) in [5.74, 6) is 0.810. The number of aryl methyl sites for hydroxylation is 2. The molecule has 3 heterocycles. The number of methoxy groups -OCH3 is 1. The molecule has 1 atom stereocenters. The molecule has 0 radical (unpaired) electrons. The highest BCUT2D eigenvalue weighted by atomic mass is 16.5. The van der Waals surface area contributed by atoms with Crippen LogP contribution in [0, 0.1) is 13.8 Å². The Morgan fingerprint density at radius 2 is 2.03 bits per heavy atom. The van der Waals surface area contributed by atoms with Crippen molar-refractivity contribution in [2.75, 3.05) is 23.5 Å². The van der Waals surface area contributed by atoms with E-state index in [0.29, 0.717) is 28.6 Å². The third kappa shape index (κ3) is 3.34. The number of esters is 1. The van der Waals surface area contributed by atoms with Gasteiger partial charge >= 0.3 is 5.97 Å². The predicted molar refractivity (Wildman–Crippen MR) is 121 cm³/mol. The zero-order valence-corrected chi connectivity index (χ0v) is 18.4. The van der Waals surface area contributed by atoms with Crippen LogP contribution in [0.3, 0.4) is 0 Å². The number of amides is 1. The van der Waals surface area contributed by atoms with Crippen molar-refractivity contribution in [3.8, 4) is 11.5 Å². The monoisotopic (exact) mass is 431 g/mol. The third-order valence-electron chi connectivity index (χ3n) is 6.27. The minimum Gasteiger partial charge on any atom is -0.465 e. The van der Waals surface area contributed by atoms with Crippen molar-refractivity contribution in [1.82, 2.24) is 4.98 Å². The Morgan fingerprint density at radius 1 is 1.19 bits per heavy atom. The van der Waals surface area contributed by atoms with Crippen molar-refractivity contribution in [3.05, 3.63) is 65.0 Å². The smallest absolute Gasteiger partial charge is 0.337 e. The van der Waals surface area contributed by atoms with E-state index < -0.39 is 5.97 Å². The number of aromatic nitrogens is 1. The molecule has 0 aliphatic carbocycles. The summed E-state index contributed by atoms with van der Waals surface area (Å²) in [6.45, 7) is 5.00. The Labute approximate surface area is 186 Å². The Kier molecular flexibility index (Phi) is 4.96. The summed E-state index contributed by atoms with van der Waals surface area (Å²) >= 11 is 0. The Hall–Kier alpha value is -3.61. The van der Waals surface area contributed by atoms with E-state index in [9.17, 15) is 9.59 Å². The first-order valence-electron chi connectivity index (χ1n) is 10.8. The maximum Gasteiger partial charge on any atom is 0.337 e. The first-order chi connectivity index (χ1) is 15.5. The second-order valence-corrected chi connectivity index (χ2v) is 8.36. The van der Waals surface area contributed by atoms with Crippen LogP contribution in [0.15, 0.2) is 46.9 Å². The van der Waals surface area contributed by atoms with Crippen LogP contribution in [0.2, 0.25) is 0 Å². The van der Waals surface area contributed by atoms with Gasteiger partial charge in [-0.1, -0.05) is 17.7 Å². The van der Waals surface area contributed by atoms with Gasteiger partial charge in [-0.15, -0.1) is 0 Å². The molecular formula is C25H25N3O4. The highest BCUT2D eigenvalue weighted by molar-refractivity contribution is 6.07. The highest BCUT2D eigenvalue weighted by Gasteiger charge is 2.41. The van der Waals surface area contributed by atoms with Crippen molar-refractivity contribution >= 4 is 23.3 Å². The molecule has 0 unspecified atom stereocenters. The summed E-state index contributed by atoms with van der Waals surface area (Å²) in [6, 6.07) is 13.2. The standard InChI is InChI=1S/C25H25N3O4/c1-15-6-4-7-17(12-15)23-26-19(16(2)32-23)14-28-22-13-18(25(30)31-3)9-10-20(22)27-11-5-8-21(27)24(28)29/h4,6-7,9-10,12-13,21H,5,8,11,14H2,1-3H3/t21-/m0/s1. The summed E-state index contributed by atoms with van der Waals surface area (Å²) in [5, 5.41) is 0. The first kappa shape index (κ1) is 20.3. The fourth-order valence-corrected chi connectivity index (χ4v) is 4.63. The molecule has 0 N–H and O–H groups in total. The molecule has 7 nitrogen and oxygen atoms in total. The molecule has 0 saturated carbocycles. The molecule has 1 amide bonds. The first-order valence-corrected chi connectivity index (χ1v) is 10.8. The number of rotatable bonds is 4. The van der Waals surface area contributed by atoms with Gasteiger partial charge in [0.05, 0.1) is 30.6 Å². The zero-order valence-electron chi connectivity index (χ0n) is 18.4. The van der Waals surface area contributed by atoms with E-state index in [2.05, 4.69) is 4.90 Å². The fourth-order valence-electron chi connectivity index (χ4n) is 4.63. The van der Waals surface area contributed by atoms with Gasteiger partial charge in [0.2, 0.25) is 11.8 Å². The van der Waals surface area contributed by atoms with Crippen LogP contribution >= 0.6 is 0 Å². The normalized spacial score (nSPS) is 17.3. The molecule has 2 aromatic carbocycles. The lowest BCUT2D eigenvalue weighted by molar-refractivity contribution is -0.120. The van der Waals surface area contributed by atoms with Gasteiger partial charge in [-0.3, -0.25) is 4.79 Å². The largest absolute Gasteiger partial charge is 0.465 e. The number of nitrogens with zero attached hydrogens (tertiary/aromatic N) is 3. The second-order valence-electron chi connectivity index (χ2n) is 8.36. The van der Waals surface area contributed by atoms with Crippen molar-refractivity contribution in [3.63, 3.8) is 0 Å². The van der Waals surface area contributed by atoms with Crippen molar-refractivity contribution in [1.29, 1.82) is 0 Å². The van der Waals surface area contributed by atoms with Crippen LogP contribution in [-0.2, 0) is 16.1 Å². The molecule has 3 aromatic rings. The van der Waals surface area contributed by atoms with E-state index in [1.54, 1.807) is 17.0 Å². The molecule has 32 heavy (non-hydrogen) atoms. The number of benzene rings is 2. The maximum atomic E-state index is 13.5. The van der Waals surface area contributed by atoms with Gasteiger partial charge in [0.15, 0.2) is 0 Å². The van der Waals surface area contributed by atoms with E-state index in [1.165, 1.54) is 7.11 Å². The SMILES string of the molecule is COC(=O)c1ccc2c(c1)N(Cc1nc(-c3cccc(C)c3)oc1C)C(=O)[C@@H]1CCCN21. The molecule has 1 saturated heterocycles. The molecule has 1 aromatic heterocycles. The van der Waals surface area contributed by atoms with Crippen molar-refractivity contribution in [2.45, 2.75) is 39.3 Å². The lowest BCUT2D eigenvalue weighted by atomic mass is 10.0. The summed E-state index contributed by atoms with van der Waals surface area (Å²) in [7, 11) is 1.35. The number of anilines is 2. The van der Waals surface area contributed by atoms with Gasteiger partial charge in [-0.2, -0.15) is 0 Å². The van der Waals surface area contributed by atoms with Gasteiger partial charge in [-0.25, -0.2) is 9.78 Å². The molecule has 5 rings (SSSR count). The van der Waals surface area contributed by atoms with Crippen LogP contribution < -0.4 is 9.80 Å². The lowest BCUT2D eigenvalue weighted by Crippen LogP contribution is -2.50. The van der Waals surface area contributed by atoms with E-state index in [0.717, 1.165) is 36.2 Å². The van der Waals surface area contributed by atoms with E-state index in [-0.39, 0.29) is 18.5 Å². The van der Waals surface area contributed by atoms with Crippen LogP contribution in [0.25, 0.3) is 11.5 Å². The molecule has 2 aliphatic heterocycles. The number of oxazole rings is 1. The number of carbonyl (C=O) groups excluding carboxylic acids is 2. The molecule has 7 heteroatoms. The minimum atomic E-state index is -0.428. The van der Waals surface area contributed by atoms with Crippen LogP contribution in [0.4, 0.5) is 11.4 Å². The predicted octanol–water partition coefficient (Wildman–Crippen LogP) is 4.26. The topological polar surface area (TPSA) is 75.9 Å². The Morgan fingerprint density at radius 3 is 2.81 bits per heavy atom. The molecular weight excluding hydrogens is 406 g/mol.